The van der Waals surface area contributed by atoms with Crippen LogP contribution in [-0.4, -0.2) is 15.2 Å². The number of aromatic nitrogens is 2. The molecule has 0 spiro atoms. The first kappa shape index (κ1) is 14.1. The summed E-state index contributed by atoms with van der Waals surface area (Å²) in [7, 11) is 0. The van der Waals surface area contributed by atoms with Gasteiger partial charge in [0.15, 0.2) is 0 Å². The summed E-state index contributed by atoms with van der Waals surface area (Å²) in [6.07, 6.45) is 0.705. The smallest absolute Gasteiger partial charge is 0.265 e. The highest BCUT2D eigenvalue weighted by molar-refractivity contribution is 5.35. The quantitative estimate of drug-likeness (QED) is 0.924. The Labute approximate surface area is 120 Å². The highest BCUT2D eigenvalue weighted by Crippen LogP contribution is 2.47. The van der Waals surface area contributed by atoms with Gasteiger partial charge < -0.3 is 9.63 Å². The molecular formula is C15H16F2N2O2. The second kappa shape index (κ2) is 4.59. The van der Waals surface area contributed by atoms with Crippen molar-refractivity contribution in [1.82, 2.24) is 10.1 Å². The van der Waals surface area contributed by atoms with Crippen molar-refractivity contribution >= 4 is 0 Å². The molecule has 1 aliphatic rings. The monoisotopic (exact) mass is 294 g/mol. The van der Waals surface area contributed by atoms with Crippen LogP contribution in [0.1, 0.15) is 49.3 Å². The van der Waals surface area contributed by atoms with Crippen LogP contribution in [0.25, 0.3) is 0 Å². The number of hydrogen-bond donors (Lipinski definition) is 1. The van der Waals surface area contributed by atoms with Gasteiger partial charge in [-0.3, -0.25) is 4.98 Å². The van der Waals surface area contributed by atoms with E-state index in [1.54, 1.807) is 0 Å². The number of nitrogens with zero attached hydrogens (tertiary/aromatic N) is 2. The van der Waals surface area contributed by atoms with Gasteiger partial charge in [0.2, 0.25) is 0 Å². The van der Waals surface area contributed by atoms with Crippen LogP contribution in [0.15, 0.2) is 29.0 Å². The largest absolute Gasteiger partial charge is 0.383 e. The minimum Gasteiger partial charge on any atom is -0.383 e. The minimum absolute atomic E-state index is 0.0416. The molecule has 0 bridgehead atoms. The molecule has 0 fully saturated rings. The molecule has 0 radical (unpaired) electrons. The van der Waals surface area contributed by atoms with E-state index in [0.717, 1.165) is 5.56 Å². The molecule has 1 atom stereocenters. The highest BCUT2D eigenvalue weighted by Gasteiger charge is 2.47. The maximum Gasteiger partial charge on any atom is 0.265 e. The molecule has 112 valence electrons. The van der Waals surface area contributed by atoms with E-state index in [9.17, 15) is 13.9 Å². The molecule has 3 rings (SSSR count). The molecule has 6 heteroatoms. The molecular weight excluding hydrogens is 278 g/mol. The number of fused-ring (bicyclic) bond motifs is 1. The Balaban J connectivity index is 2.12. The molecule has 2 aromatic rings. The highest BCUT2D eigenvalue weighted by atomic mass is 19.3. The van der Waals surface area contributed by atoms with Gasteiger partial charge in [-0.1, -0.05) is 19.0 Å². The van der Waals surface area contributed by atoms with E-state index in [-0.39, 0.29) is 24.1 Å². The van der Waals surface area contributed by atoms with Gasteiger partial charge in [-0.25, -0.2) is 8.78 Å². The zero-order valence-electron chi connectivity index (χ0n) is 11.8. The van der Waals surface area contributed by atoms with Crippen LogP contribution in [-0.2, 0) is 17.4 Å². The number of rotatable bonds is 2. The van der Waals surface area contributed by atoms with Crippen LogP contribution in [0, 0.1) is 0 Å². The Morgan fingerprint density at radius 3 is 2.86 bits per heavy atom. The van der Waals surface area contributed by atoms with E-state index in [2.05, 4.69) is 10.1 Å². The first-order valence-electron chi connectivity index (χ1n) is 6.73. The van der Waals surface area contributed by atoms with Gasteiger partial charge in [-0.15, -0.1) is 0 Å². The van der Waals surface area contributed by atoms with Crippen LogP contribution < -0.4 is 0 Å². The first-order valence-corrected chi connectivity index (χ1v) is 6.73. The number of halogens is 2. The zero-order chi connectivity index (χ0) is 15.3. The second-order valence-electron chi connectivity index (χ2n) is 6.19. The average molecular weight is 294 g/mol. The minimum atomic E-state index is -2.68. The van der Waals surface area contributed by atoms with E-state index in [1.165, 1.54) is 24.5 Å². The van der Waals surface area contributed by atoms with Crippen LogP contribution in [0.3, 0.4) is 0 Å². The molecule has 0 aromatic carbocycles. The fourth-order valence-corrected chi connectivity index (χ4v) is 3.28. The maximum absolute atomic E-state index is 13.2. The van der Waals surface area contributed by atoms with Gasteiger partial charge in [0.1, 0.15) is 11.4 Å². The summed E-state index contributed by atoms with van der Waals surface area (Å²) in [4.78, 5) is 4.04. The number of pyridine rings is 1. The van der Waals surface area contributed by atoms with Crippen molar-refractivity contribution in [2.45, 2.75) is 44.1 Å². The van der Waals surface area contributed by atoms with Crippen LogP contribution >= 0.6 is 0 Å². The molecule has 2 heterocycles. The number of hydrogen-bond acceptors (Lipinski definition) is 4. The molecule has 1 aliphatic carbocycles. The van der Waals surface area contributed by atoms with E-state index in [1.807, 2.05) is 13.8 Å². The Morgan fingerprint density at radius 1 is 1.38 bits per heavy atom. The van der Waals surface area contributed by atoms with Crippen molar-refractivity contribution in [3.63, 3.8) is 0 Å². The van der Waals surface area contributed by atoms with Gasteiger partial charge in [-0.05, 0) is 18.6 Å². The molecule has 1 unspecified atom stereocenters. The summed E-state index contributed by atoms with van der Waals surface area (Å²) < 4.78 is 31.6. The van der Waals surface area contributed by atoms with Crippen molar-refractivity contribution < 1.29 is 18.4 Å². The topological polar surface area (TPSA) is 59.2 Å². The second-order valence-corrected chi connectivity index (χ2v) is 6.19. The summed E-state index contributed by atoms with van der Waals surface area (Å²) in [5, 5.41) is 14.8. The van der Waals surface area contributed by atoms with Gasteiger partial charge >= 0.3 is 0 Å². The zero-order valence-corrected chi connectivity index (χ0v) is 11.8. The summed E-state index contributed by atoms with van der Waals surface area (Å²) in [6, 6.07) is 2.76. The van der Waals surface area contributed by atoms with Gasteiger partial charge in [-0.2, -0.15) is 0 Å². The molecule has 0 aliphatic heterocycles. The Kier molecular flexibility index (Phi) is 3.09. The Morgan fingerprint density at radius 2 is 2.14 bits per heavy atom. The lowest BCUT2D eigenvalue weighted by Gasteiger charge is -2.40. The SMILES string of the molecule is CC1(C)CC(O)(c2ncccc2C(F)F)Cc2cnoc21. The normalized spacial score (nSPS) is 24.1. The lowest BCUT2D eigenvalue weighted by atomic mass is 9.68. The van der Waals surface area contributed by atoms with Crippen LogP contribution in [0.2, 0.25) is 0 Å². The van der Waals surface area contributed by atoms with E-state index < -0.39 is 17.4 Å². The summed E-state index contributed by atoms with van der Waals surface area (Å²) in [5.74, 6) is 0.696. The fourth-order valence-electron chi connectivity index (χ4n) is 3.28. The Hall–Kier alpha value is -1.82. The third kappa shape index (κ3) is 2.23. The van der Waals surface area contributed by atoms with Crippen molar-refractivity contribution in [2.24, 2.45) is 0 Å². The summed E-state index contributed by atoms with van der Waals surface area (Å²) in [6.45, 7) is 3.79. The van der Waals surface area contributed by atoms with Crippen molar-refractivity contribution in [3.05, 3.63) is 47.1 Å². The lowest BCUT2D eigenvalue weighted by Crippen LogP contribution is -2.42. The molecule has 1 N–H and O–H groups in total. The molecule has 2 aromatic heterocycles. The third-order valence-electron chi connectivity index (χ3n) is 3.99. The van der Waals surface area contributed by atoms with Crippen molar-refractivity contribution in [3.8, 4) is 0 Å². The first-order chi connectivity index (χ1) is 9.83. The maximum atomic E-state index is 13.2. The van der Waals surface area contributed by atoms with E-state index >= 15 is 0 Å². The van der Waals surface area contributed by atoms with Gasteiger partial charge in [0, 0.05) is 29.2 Å². The molecule has 0 amide bonds. The number of aliphatic hydroxyl groups is 1. The van der Waals surface area contributed by atoms with Crippen LogP contribution in [0.4, 0.5) is 8.78 Å². The Bertz CT molecular complexity index is 669. The van der Waals surface area contributed by atoms with E-state index in [0.29, 0.717) is 5.76 Å². The van der Waals surface area contributed by atoms with Gasteiger partial charge in [0.05, 0.1) is 11.9 Å². The third-order valence-corrected chi connectivity index (χ3v) is 3.99. The standard InChI is InChI=1S/C15H16F2N2O2/c1-14(2)8-15(20,6-9-7-19-21-12(9)14)11-10(13(16)17)4-3-5-18-11/h3-5,7,13,20H,6,8H2,1-2H3. The molecule has 4 nitrogen and oxygen atoms in total. The van der Waals surface area contributed by atoms with E-state index in [4.69, 9.17) is 4.52 Å². The molecule has 0 saturated carbocycles. The van der Waals surface area contributed by atoms with Crippen LogP contribution in [0.5, 0.6) is 0 Å². The van der Waals surface area contributed by atoms with Crippen molar-refractivity contribution in [1.29, 1.82) is 0 Å². The summed E-state index contributed by atoms with van der Waals surface area (Å²) in [5.41, 5.74) is -1.40. The number of alkyl halides is 2. The van der Waals surface area contributed by atoms with Crippen molar-refractivity contribution in [2.75, 3.05) is 0 Å². The predicted molar refractivity (Wildman–Crippen MR) is 70.9 cm³/mol. The predicted octanol–water partition coefficient (Wildman–Crippen LogP) is 3.12. The summed E-state index contributed by atoms with van der Waals surface area (Å²) >= 11 is 0. The lowest BCUT2D eigenvalue weighted by molar-refractivity contribution is -0.0134. The fraction of sp³-hybridized carbons (Fsp3) is 0.467. The van der Waals surface area contributed by atoms with Gasteiger partial charge in [0.25, 0.3) is 6.43 Å². The average Bonchev–Trinajstić information content (AvgIpc) is 2.86. The molecule has 0 saturated heterocycles. The molecule has 21 heavy (non-hydrogen) atoms.